The molecule has 2 nitrogen and oxygen atoms in total. The standard InChI is InChI=1S/C14H16N2S/c1-8(2)12-9(3)16(15)13-10-6-4-5-7-11(10)17-14(12)13/h4-8H,15H2,1-3H3. The molecule has 2 heterocycles. The summed E-state index contributed by atoms with van der Waals surface area (Å²) in [5, 5.41) is 1.27. The van der Waals surface area contributed by atoms with E-state index in [1.54, 1.807) is 0 Å². The van der Waals surface area contributed by atoms with E-state index in [-0.39, 0.29) is 0 Å². The van der Waals surface area contributed by atoms with Crippen LogP contribution in [0.25, 0.3) is 20.3 Å². The number of nitrogen functional groups attached to an aromatic ring is 1. The number of fused-ring (bicyclic) bond motifs is 3. The molecule has 0 fully saturated rings. The van der Waals surface area contributed by atoms with Gasteiger partial charge in [-0.15, -0.1) is 11.3 Å². The normalized spacial score (nSPS) is 12.0. The largest absolute Gasteiger partial charge is 0.339 e. The van der Waals surface area contributed by atoms with Crippen molar-refractivity contribution in [2.45, 2.75) is 26.7 Å². The number of nitrogens with two attached hydrogens (primary N) is 1. The molecule has 3 aromatic rings. The number of rotatable bonds is 1. The van der Waals surface area contributed by atoms with Crippen molar-refractivity contribution < 1.29 is 0 Å². The molecular weight excluding hydrogens is 228 g/mol. The molecule has 0 aliphatic rings. The molecule has 0 unspecified atom stereocenters. The third-order valence-corrected chi connectivity index (χ3v) is 4.58. The van der Waals surface area contributed by atoms with Crippen molar-refractivity contribution in [1.82, 2.24) is 4.68 Å². The quantitative estimate of drug-likeness (QED) is 0.644. The van der Waals surface area contributed by atoms with Gasteiger partial charge in [-0.25, -0.2) is 0 Å². The number of hydrogen-bond donors (Lipinski definition) is 1. The molecule has 1 aromatic carbocycles. The van der Waals surface area contributed by atoms with Crippen LogP contribution >= 0.6 is 11.3 Å². The summed E-state index contributed by atoms with van der Waals surface area (Å²) in [6.45, 7) is 6.56. The second-order valence-corrected chi connectivity index (χ2v) is 5.85. The second-order valence-electron chi connectivity index (χ2n) is 4.80. The Morgan fingerprint density at radius 1 is 1.24 bits per heavy atom. The zero-order valence-corrected chi connectivity index (χ0v) is 11.1. The molecule has 0 atom stereocenters. The Bertz CT molecular complexity index is 704. The molecule has 0 amide bonds. The maximum atomic E-state index is 6.21. The van der Waals surface area contributed by atoms with Gasteiger partial charge in [0.15, 0.2) is 0 Å². The first-order chi connectivity index (χ1) is 8.11. The Morgan fingerprint density at radius 2 is 1.94 bits per heavy atom. The summed E-state index contributed by atoms with van der Waals surface area (Å²) in [6, 6.07) is 8.48. The Morgan fingerprint density at radius 3 is 2.65 bits per heavy atom. The molecular formula is C14H16N2S. The van der Waals surface area contributed by atoms with E-state index in [9.17, 15) is 0 Å². The Balaban J connectivity index is 2.55. The smallest absolute Gasteiger partial charge is 0.0882 e. The Kier molecular flexibility index (Phi) is 2.20. The Labute approximate surface area is 105 Å². The van der Waals surface area contributed by atoms with Crippen molar-refractivity contribution in [3.8, 4) is 0 Å². The van der Waals surface area contributed by atoms with E-state index in [0.29, 0.717) is 5.92 Å². The molecule has 17 heavy (non-hydrogen) atoms. The van der Waals surface area contributed by atoms with Gasteiger partial charge in [-0.3, -0.25) is 4.68 Å². The summed E-state index contributed by atoms with van der Waals surface area (Å²) in [4.78, 5) is 0. The highest BCUT2D eigenvalue weighted by Gasteiger charge is 2.19. The van der Waals surface area contributed by atoms with Gasteiger partial charge in [0.1, 0.15) is 0 Å². The van der Waals surface area contributed by atoms with Gasteiger partial charge < -0.3 is 5.84 Å². The number of hydrogen-bond acceptors (Lipinski definition) is 2. The summed E-state index contributed by atoms with van der Waals surface area (Å²) < 4.78 is 4.52. The minimum absolute atomic E-state index is 0.510. The van der Waals surface area contributed by atoms with Crippen molar-refractivity contribution in [3.05, 3.63) is 35.5 Å². The highest BCUT2D eigenvalue weighted by Crippen LogP contribution is 2.40. The fourth-order valence-electron chi connectivity index (χ4n) is 2.60. The molecule has 3 rings (SSSR count). The zero-order chi connectivity index (χ0) is 12.2. The minimum Gasteiger partial charge on any atom is -0.339 e. The van der Waals surface area contributed by atoms with E-state index < -0.39 is 0 Å². The van der Waals surface area contributed by atoms with Crippen LogP contribution in [0.5, 0.6) is 0 Å². The highest BCUT2D eigenvalue weighted by molar-refractivity contribution is 7.26. The van der Waals surface area contributed by atoms with Gasteiger partial charge in [-0.1, -0.05) is 32.0 Å². The van der Waals surface area contributed by atoms with Gasteiger partial charge >= 0.3 is 0 Å². The van der Waals surface area contributed by atoms with Crippen molar-refractivity contribution in [2.75, 3.05) is 5.84 Å². The average molecular weight is 244 g/mol. The van der Waals surface area contributed by atoms with Crippen LogP contribution in [-0.4, -0.2) is 4.68 Å². The fourth-order valence-corrected chi connectivity index (χ4v) is 4.03. The topological polar surface area (TPSA) is 30.9 Å². The summed E-state index contributed by atoms with van der Waals surface area (Å²) in [6.07, 6.45) is 0. The van der Waals surface area contributed by atoms with E-state index in [4.69, 9.17) is 5.84 Å². The fraction of sp³-hybridized carbons (Fsp3) is 0.286. The molecule has 0 saturated carbocycles. The van der Waals surface area contributed by atoms with Crippen molar-refractivity contribution in [2.24, 2.45) is 0 Å². The van der Waals surface area contributed by atoms with E-state index >= 15 is 0 Å². The Hall–Kier alpha value is -1.48. The van der Waals surface area contributed by atoms with Crippen molar-refractivity contribution in [1.29, 1.82) is 0 Å². The number of nitrogens with zero attached hydrogens (tertiary/aromatic N) is 1. The van der Waals surface area contributed by atoms with Crippen LogP contribution in [0, 0.1) is 6.92 Å². The van der Waals surface area contributed by atoms with Crippen LogP contribution in [0.15, 0.2) is 24.3 Å². The predicted octanol–water partition coefficient (Wildman–Crippen LogP) is 4.00. The van der Waals surface area contributed by atoms with E-state index in [2.05, 4.69) is 45.0 Å². The highest BCUT2D eigenvalue weighted by atomic mass is 32.1. The van der Waals surface area contributed by atoms with Crippen LogP contribution in [0.2, 0.25) is 0 Å². The molecule has 3 heteroatoms. The van der Waals surface area contributed by atoms with Gasteiger partial charge in [0.2, 0.25) is 0 Å². The van der Waals surface area contributed by atoms with E-state index in [1.807, 2.05) is 16.0 Å². The van der Waals surface area contributed by atoms with E-state index in [1.165, 1.54) is 31.6 Å². The summed E-state index contributed by atoms with van der Waals surface area (Å²) in [5.41, 5.74) is 3.77. The van der Waals surface area contributed by atoms with Crippen LogP contribution < -0.4 is 5.84 Å². The SMILES string of the molecule is Cc1c(C(C)C)c2sc3ccccc3c2n1N. The number of thiophene rings is 1. The molecule has 0 spiro atoms. The summed E-state index contributed by atoms with van der Waals surface area (Å²) in [5.74, 6) is 6.72. The maximum Gasteiger partial charge on any atom is 0.0882 e. The first-order valence-corrected chi connectivity index (χ1v) is 6.70. The third-order valence-electron chi connectivity index (χ3n) is 3.38. The lowest BCUT2D eigenvalue weighted by atomic mass is 10.0. The van der Waals surface area contributed by atoms with Crippen LogP contribution in [0.3, 0.4) is 0 Å². The summed E-state index contributed by atoms with van der Waals surface area (Å²) >= 11 is 1.85. The monoisotopic (exact) mass is 244 g/mol. The van der Waals surface area contributed by atoms with Crippen LogP contribution in [0.4, 0.5) is 0 Å². The predicted molar refractivity (Wildman–Crippen MR) is 76.3 cm³/mol. The van der Waals surface area contributed by atoms with Gasteiger partial charge in [-0.2, -0.15) is 0 Å². The van der Waals surface area contributed by atoms with Crippen LogP contribution in [0.1, 0.15) is 31.0 Å². The molecule has 2 aromatic heterocycles. The van der Waals surface area contributed by atoms with E-state index in [0.717, 1.165) is 0 Å². The molecule has 2 N–H and O–H groups in total. The molecule has 88 valence electrons. The van der Waals surface area contributed by atoms with Crippen molar-refractivity contribution >= 4 is 31.6 Å². The number of aromatic nitrogens is 1. The average Bonchev–Trinajstić information content (AvgIpc) is 2.76. The van der Waals surface area contributed by atoms with Gasteiger partial charge in [-0.05, 0) is 24.5 Å². The molecule has 0 radical (unpaired) electrons. The second kappa shape index (κ2) is 3.50. The lowest BCUT2D eigenvalue weighted by Crippen LogP contribution is -2.10. The minimum atomic E-state index is 0.510. The number of benzene rings is 1. The van der Waals surface area contributed by atoms with Crippen LogP contribution in [-0.2, 0) is 0 Å². The van der Waals surface area contributed by atoms with Gasteiger partial charge in [0, 0.05) is 15.8 Å². The first-order valence-electron chi connectivity index (χ1n) is 5.88. The zero-order valence-electron chi connectivity index (χ0n) is 10.3. The molecule has 0 bridgehead atoms. The maximum absolute atomic E-state index is 6.21. The van der Waals surface area contributed by atoms with Gasteiger partial charge in [0.25, 0.3) is 0 Å². The molecule has 0 saturated heterocycles. The lowest BCUT2D eigenvalue weighted by molar-refractivity contribution is 0.846. The lowest BCUT2D eigenvalue weighted by Gasteiger charge is -2.05. The molecule has 0 aliphatic carbocycles. The van der Waals surface area contributed by atoms with Gasteiger partial charge in [0.05, 0.1) is 10.2 Å². The molecule has 0 aliphatic heterocycles. The summed E-state index contributed by atoms with van der Waals surface area (Å²) in [7, 11) is 0. The first kappa shape index (κ1) is 10.7. The third kappa shape index (κ3) is 1.32. The van der Waals surface area contributed by atoms with Crippen molar-refractivity contribution in [3.63, 3.8) is 0 Å².